The van der Waals surface area contributed by atoms with Gasteiger partial charge in [-0.15, -0.1) is 0 Å². The lowest BCUT2D eigenvalue weighted by Gasteiger charge is -2.07. The number of rotatable bonds is 4. The number of hydrogen-bond acceptors (Lipinski definition) is 3. The molecule has 0 saturated heterocycles. The quantitative estimate of drug-likeness (QED) is 0.909. The third-order valence-electron chi connectivity index (χ3n) is 2.38. The Morgan fingerprint density at radius 2 is 2.06 bits per heavy atom. The summed E-state index contributed by atoms with van der Waals surface area (Å²) in [6.45, 7) is 2.97. The minimum atomic E-state index is 0.573. The number of benzene rings is 1. The van der Waals surface area contributed by atoms with Crippen molar-refractivity contribution in [2.75, 3.05) is 11.9 Å². The van der Waals surface area contributed by atoms with E-state index in [9.17, 15) is 0 Å². The maximum atomic E-state index is 6.13. The Bertz CT molecular complexity index is 544. The van der Waals surface area contributed by atoms with Gasteiger partial charge in [0.1, 0.15) is 5.82 Å². The van der Waals surface area contributed by atoms with E-state index in [0.29, 0.717) is 15.9 Å². The largest absolute Gasteiger partial charge is 0.370 e. The second-order valence-electron chi connectivity index (χ2n) is 3.82. The molecule has 1 heterocycles. The van der Waals surface area contributed by atoms with Crippen molar-refractivity contribution >= 4 is 29.0 Å². The van der Waals surface area contributed by atoms with E-state index in [1.54, 1.807) is 24.4 Å². The second-order valence-corrected chi connectivity index (χ2v) is 4.66. The van der Waals surface area contributed by atoms with Crippen molar-refractivity contribution in [3.63, 3.8) is 0 Å². The highest BCUT2D eigenvalue weighted by Crippen LogP contribution is 2.28. The molecule has 5 heteroatoms. The molecule has 2 aromatic rings. The Morgan fingerprint density at radius 1 is 1.22 bits per heavy atom. The van der Waals surface area contributed by atoms with E-state index in [1.165, 1.54) is 0 Å². The van der Waals surface area contributed by atoms with Gasteiger partial charge in [0, 0.05) is 23.3 Å². The van der Waals surface area contributed by atoms with E-state index < -0.39 is 0 Å². The van der Waals surface area contributed by atoms with Gasteiger partial charge in [-0.1, -0.05) is 30.1 Å². The lowest BCUT2D eigenvalue weighted by molar-refractivity contribution is 0.966. The van der Waals surface area contributed by atoms with Crippen molar-refractivity contribution in [2.24, 2.45) is 0 Å². The van der Waals surface area contributed by atoms with Crippen molar-refractivity contribution < 1.29 is 0 Å². The summed E-state index contributed by atoms with van der Waals surface area (Å²) in [6.07, 6.45) is 2.74. The lowest BCUT2D eigenvalue weighted by atomic mass is 10.2. The average Bonchev–Trinajstić information content (AvgIpc) is 2.39. The Hall–Kier alpha value is -1.32. The summed E-state index contributed by atoms with van der Waals surface area (Å²) in [5.41, 5.74) is 0.740. The molecule has 0 saturated carbocycles. The summed E-state index contributed by atoms with van der Waals surface area (Å²) in [5.74, 6) is 1.36. The predicted octanol–water partition coefficient (Wildman–Crippen LogP) is 4.27. The van der Waals surface area contributed by atoms with Crippen LogP contribution in [0.2, 0.25) is 10.0 Å². The number of nitrogens with one attached hydrogen (secondary N) is 1. The number of anilines is 1. The molecule has 1 aromatic heterocycles. The van der Waals surface area contributed by atoms with Crippen LogP contribution in [-0.4, -0.2) is 16.5 Å². The van der Waals surface area contributed by atoms with Crippen molar-refractivity contribution in [1.82, 2.24) is 9.97 Å². The van der Waals surface area contributed by atoms with Gasteiger partial charge in [-0.25, -0.2) is 9.97 Å². The van der Waals surface area contributed by atoms with Crippen molar-refractivity contribution in [1.29, 1.82) is 0 Å². The number of nitrogens with zero attached hydrogens (tertiary/aromatic N) is 2. The normalized spacial score (nSPS) is 10.4. The molecule has 94 valence electrons. The molecule has 0 unspecified atom stereocenters. The monoisotopic (exact) mass is 281 g/mol. The Morgan fingerprint density at radius 3 is 2.83 bits per heavy atom. The first-order valence-corrected chi connectivity index (χ1v) is 6.48. The molecule has 18 heavy (non-hydrogen) atoms. The Balaban J connectivity index is 2.35. The van der Waals surface area contributed by atoms with Crippen LogP contribution in [0, 0.1) is 0 Å². The van der Waals surface area contributed by atoms with Crippen LogP contribution in [-0.2, 0) is 0 Å². The van der Waals surface area contributed by atoms with Gasteiger partial charge in [-0.3, -0.25) is 0 Å². The van der Waals surface area contributed by atoms with E-state index in [-0.39, 0.29) is 0 Å². The third kappa shape index (κ3) is 3.12. The summed E-state index contributed by atoms with van der Waals surface area (Å²) >= 11 is 12.1. The van der Waals surface area contributed by atoms with E-state index in [4.69, 9.17) is 23.2 Å². The van der Waals surface area contributed by atoms with Gasteiger partial charge in [0.2, 0.25) is 0 Å². The molecule has 0 spiro atoms. The first-order valence-electron chi connectivity index (χ1n) is 5.73. The third-order valence-corrected chi connectivity index (χ3v) is 2.95. The first kappa shape index (κ1) is 13.1. The van der Waals surface area contributed by atoms with Crippen LogP contribution in [0.15, 0.2) is 30.5 Å². The van der Waals surface area contributed by atoms with Gasteiger partial charge < -0.3 is 5.32 Å². The molecule has 0 fully saturated rings. The predicted molar refractivity (Wildman–Crippen MR) is 76.3 cm³/mol. The second kappa shape index (κ2) is 6.03. The summed E-state index contributed by atoms with van der Waals surface area (Å²) < 4.78 is 0. The highest BCUT2D eigenvalue weighted by atomic mass is 35.5. The van der Waals surface area contributed by atoms with Crippen LogP contribution in [0.25, 0.3) is 11.4 Å². The van der Waals surface area contributed by atoms with Gasteiger partial charge >= 0.3 is 0 Å². The fourth-order valence-electron chi connectivity index (χ4n) is 1.51. The maximum Gasteiger partial charge on any atom is 0.163 e. The molecule has 3 nitrogen and oxygen atoms in total. The molecule has 1 aromatic carbocycles. The van der Waals surface area contributed by atoms with E-state index >= 15 is 0 Å². The van der Waals surface area contributed by atoms with Crippen LogP contribution in [0.4, 0.5) is 5.82 Å². The van der Waals surface area contributed by atoms with Crippen LogP contribution >= 0.6 is 23.2 Å². The summed E-state index contributed by atoms with van der Waals surface area (Å²) in [5, 5.41) is 4.42. The fourth-order valence-corrected chi connectivity index (χ4v) is 1.88. The molecule has 0 atom stereocenters. The van der Waals surface area contributed by atoms with Gasteiger partial charge in [-0.05, 0) is 30.7 Å². The van der Waals surface area contributed by atoms with Gasteiger partial charge in [-0.2, -0.15) is 0 Å². The fraction of sp³-hybridized carbons (Fsp3) is 0.231. The smallest absolute Gasteiger partial charge is 0.163 e. The molecular formula is C13H13Cl2N3. The molecule has 0 radical (unpaired) electrons. The molecule has 0 bridgehead atoms. The van der Waals surface area contributed by atoms with Gasteiger partial charge in [0.05, 0.1) is 5.02 Å². The number of aromatic nitrogens is 2. The van der Waals surface area contributed by atoms with E-state index in [2.05, 4.69) is 22.2 Å². The molecule has 0 aliphatic rings. The Kier molecular flexibility index (Phi) is 4.39. The molecule has 2 rings (SSSR count). The molecule has 0 aliphatic heterocycles. The van der Waals surface area contributed by atoms with Crippen LogP contribution in [0.3, 0.4) is 0 Å². The van der Waals surface area contributed by atoms with E-state index in [1.807, 2.05) is 6.07 Å². The first-order chi connectivity index (χ1) is 8.70. The highest BCUT2D eigenvalue weighted by molar-refractivity contribution is 6.35. The standard InChI is InChI=1S/C13H13Cl2N3/c1-2-6-16-12-5-7-17-13(18-12)10-8-9(14)3-4-11(10)15/h3-5,7-8H,2,6H2,1H3,(H,16,17,18). The lowest BCUT2D eigenvalue weighted by Crippen LogP contribution is -2.03. The van der Waals surface area contributed by atoms with Crippen LogP contribution in [0.1, 0.15) is 13.3 Å². The van der Waals surface area contributed by atoms with Crippen molar-refractivity contribution in [3.05, 3.63) is 40.5 Å². The van der Waals surface area contributed by atoms with Crippen molar-refractivity contribution in [3.8, 4) is 11.4 Å². The van der Waals surface area contributed by atoms with Gasteiger partial charge in [0.15, 0.2) is 5.82 Å². The number of halogens is 2. The zero-order valence-corrected chi connectivity index (χ0v) is 11.5. The summed E-state index contributed by atoms with van der Waals surface area (Å²) in [4.78, 5) is 8.64. The molecule has 0 amide bonds. The average molecular weight is 282 g/mol. The van der Waals surface area contributed by atoms with Gasteiger partial charge in [0.25, 0.3) is 0 Å². The summed E-state index contributed by atoms with van der Waals surface area (Å²) in [7, 11) is 0. The highest BCUT2D eigenvalue weighted by Gasteiger charge is 2.08. The zero-order chi connectivity index (χ0) is 13.0. The minimum Gasteiger partial charge on any atom is -0.370 e. The molecule has 0 aliphatic carbocycles. The topological polar surface area (TPSA) is 37.8 Å². The minimum absolute atomic E-state index is 0.573. The molecule has 1 N–H and O–H groups in total. The van der Waals surface area contributed by atoms with Crippen LogP contribution in [0.5, 0.6) is 0 Å². The number of hydrogen-bond donors (Lipinski definition) is 1. The van der Waals surface area contributed by atoms with E-state index in [0.717, 1.165) is 24.3 Å². The SMILES string of the molecule is CCCNc1ccnc(-c2cc(Cl)ccc2Cl)n1. The summed E-state index contributed by atoms with van der Waals surface area (Å²) in [6, 6.07) is 7.09. The zero-order valence-electron chi connectivity index (χ0n) is 9.95. The Labute approximate surface area is 116 Å². The maximum absolute atomic E-state index is 6.13. The van der Waals surface area contributed by atoms with Crippen LogP contribution < -0.4 is 5.32 Å². The molecular weight excluding hydrogens is 269 g/mol. The van der Waals surface area contributed by atoms with Crippen molar-refractivity contribution in [2.45, 2.75) is 13.3 Å².